The average Bonchev–Trinajstić information content (AvgIpc) is 2.72. The highest BCUT2D eigenvalue weighted by Gasteiger charge is 2.21. The molecule has 2 aromatic rings. The molecule has 2 rings (SSSR count). The molecule has 0 spiro atoms. The van der Waals surface area contributed by atoms with E-state index in [1.54, 1.807) is 0 Å². The van der Waals surface area contributed by atoms with Gasteiger partial charge in [0.2, 0.25) is 13.7 Å². The number of nitrogens with zero attached hydrogens (tertiary/aromatic N) is 1. The molecule has 204 valence electrons. The number of carbonyl (C=O) groups is 2. The second-order valence-corrected chi connectivity index (χ2v) is 11.4. The zero-order chi connectivity index (χ0) is 28.7. The smallest absolute Gasteiger partial charge is 0.335 e. The van der Waals surface area contributed by atoms with Gasteiger partial charge in [0.15, 0.2) is 25.6 Å². The van der Waals surface area contributed by atoms with Crippen molar-refractivity contribution >= 4 is 37.5 Å². The minimum absolute atomic E-state index is 0.00923. The number of carboxylic acids is 1. The van der Waals surface area contributed by atoms with Gasteiger partial charge in [-0.15, -0.1) is 0 Å². The molecule has 0 saturated heterocycles. The summed E-state index contributed by atoms with van der Waals surface area (Å²) in [4.78, 5) is 25.3. The van der Waals surface area contributed by atoms with Crippen LogP contribution >= 0.6 is 0 Å². The van der Waals surface area contributed by atoms with Gasteiger partial charge in [0.25, 0.3) is 5.91 Å². The van der Waals surface area contributed by atoms with Crippen molar-refractivity contribution in [2.24, 2.45) is 16.5 Å². The molecule has 5 N–H and O–H groups in total. The lowest BCUT2D eigenvalue weighted by molar-refractivity contribution is 0.0695. The Bertz CT molecular complexity index is 1440. The molecule has 0 bridgehead atoms. The second kappa shape index (κ2) is 12.4. The van der Waals surface area contributed by atoms with Crippen molar-refractivity contribution in [3.8, 4) is 11.5 Å². The largest absolute Gasteiger partial charge is 0.478 e. The van der Waals surface area contributed by atoms with Gasteiger partial charge in [-0.25, -0.2) is 30.4 Å². The van der Waals surface area contributed by atoms with E-state index in [4.69, 9.17) is 16.6 Å². The predicted octanol–water partition coefficient (Wildman–Crippen LogP) is 1.52. The van der Waals surface area contributed by atoms with Gasteiger partial charge >= 0.3 is 5.97 Å². The summed E-state index contributed by atoms with van der Waals surface area (Å²) in [5.74, 6) is -2.84. The number of sulfone groups is 2. The number of aliphatic imine (C=N–C) groups is 1. The van der Waals surface area contributed by atoms with E-state index in [1.165, 1.54) is 26.0 Å². The van der Waals surface area contributed by atoms with Crippen LogP contribution in [0.5, 0.6) is 11.5 Å². The standard InChI is InChI=1S/C11H14FN3O4S.C10H11FO5S/c1-6-3-8(19-5-12)9(20(2,17)18)4-7(6)10(16)15-11(13)14;1-6-3-8(16-5-11)9(17(2,14)15)4-7(6)10(12)13/h3-4H,5H2,1-2H3,(H4,13,14,15,16);3-4H,5H2,1-2H3,(H,12,13). The van der Waals surface area contributed by atoms with Gasteiger partial charge < -0.3 is 26.0 Å². The maximum atomic E-state index is 12.3. The summed E-state index contributed by atoms with van der Waals surface area (Å²) in [5, 5.41) is 8.87. The first kappa shape index (κ1) is 31.2. The van der Waals surface area contributed by atoms with E-state index in [-0.39, 0.29) is 32.4 Å². The van der Waals surface area contributed by atoms with Crippen LogP contribution in [0.1, 0.15) is 31.8 Å². The average molecular weight is 566 g/mol. The number of ether oxygens (including phenoxy) is 2. The number of benzene rings is 2. The van der Waals surface area contributed by atoms with Crippen LogP contribution in [-0.2, 0) is 19.7 Å². The molecule has 0 aliphatic rings. The van der Waals surface area contributed by atoms with Crippen LogP contribution < -0.4 is 20.9 Å². The van der Waals surface area contributed by atoms with Crippen molar-refractivity contribution in [1.29, 1.82) is 0 Å². The first-order chi connectivity index (χ1) is 16.9. The Morgan fingerprint density at radius 1 is 0.838 bits per heavy atom. The highest BCUT2D eigenvalue weighted by Crippen LogP contribution is 2.29. The monoisotopic (exact) mass is 565 g/mol. The number of aromatic carboxylic acids is 1. The quantitative estimate of drug-likeness (QED) is 0.309. The Morgan fingerprint density at radius 3 is 1.54 bits per heavy atom. The van der Waals surface area contributed by atoms with Gasteiger partial charge in [0.1, 0.15) is 21.3 Å². The molecule has 37 heavy (non-hydrogen) atoms. The van der Waals surface area contributed by atoms with Crippen molar-refractivity contribution < 1.29 is 49.8 Å². The molecule has 0 aromatic heterocycles. The molecule has 12 nitrogen and oxygen atoms in total. The predicted molar refractivity (Wildman–Crippen MR) is 129 cm³/mol. The third-order valence-electron chi connectivity index (χ3n) is 4.49. The van der Waals surface area contributed by atoms with Gasteiger partial charge in [-0.2, -0.15) is 4.99 Å². The molecule has 0 fully saturated rings. The zero-order valence-corrected chi connectivity index (χ0v) is 21.7. The van der Waals surface area contributed by atoms with Crippen molar-refractivity contribution in [3.63, 3.8) is 0 Å². The fourth-order valence-corrected chi connectivity index (χ4v) is 4.51. The minimum atomic E-state index is -3.71. The molecule has 0 radical (unpaired) electrons. The summed E-state index contributed by atoms with van der Waals surface area (Å²) in [6.07, 6.45) is 1.81. The number of hydrogen-bond acceptors (Lipinski definition) is 8. The van der Waals surface area contributed by atoms with Crippen LogP contribution in [0.25, 0.3) is 0 Å². The van der Waals surface area contributed by atoms with E-state index in [9.17, 15) is 35.2 Å². The highest BCUT2D eigenvalue weighted by atomic mass is 32.2. The van der Waals surface area contributed by atoms with Gasteiger partial charge in [-0.3, -0.25) is 4.79 Å². The van der Waals surface area contributed by atoms with Crippen LogP contribution in [0.2, 0.25) is 0 Å². The Kier molecular flexibility index (Phi) is 10.5. The lowest BCUT2D eigenvalue weighted by Crippen LogP contribution is -2.24. The normalized spacial score (nSPS) is 11.1. The molecule has 0 heterocycles. The first-order valence-electron chi connectivity index (χ1n) is 9.88. The SMILES string of the molecule is Cc1cc(OCF)c(S(C)(=O)=O)cc1C(=O)N=C(N)N.Cc1cc(OCF)c(S(C)(=O)=O)cc1C(=O)O. The second-order valence-electron chi connectivity index (χ2n) is 7.43. The molecule has 0 aliphatic carbocycles. The summed E-state index contributed by atoms with van der Waals surface area (Å²) in [7, 11) is -7.40. The minimum Gasteiger partial charge on any atom is -0.478 e. The number of halogens is 2. The van der Waals surface area contributed by atoms with Crippen molar-refractivity contribution in [2.75, 3.05) is 26.2 Å². The number of aryl methyl sites for hydroxylation is 2. The Hall–Kier alpha value is -3.79. The third-order valence-corrected chi connectivity index (χ3v) is 6.73. The number of nitrogens with two attached hydrogens (primary N) is 2. The number of amides is 1. The summed E-state index contributed by atoms with van der Waals surface area (Å²) < 4.78 is 79.6. The van der Waals surface area contributed by atoms with Gasteiger partial charge in [-0.1, -0.05) is 0 Å². The molecule has 0 aliphatic heterocycles. The third kappa shape index (κ3) is 8.68. The highest BCUT2D eigenvalue weighted by molar-refractivity contribution is 7.91. The fraction of sp³-hybridized carbons (Fsp3) is 0.286. The summed E-state index contributed by atoms with van der Waals surface area (Å²) in [6.45, 7) is 0.616. The number of guanidine groups is 1. The lowest BCUT2D eigenvalue weighted by Gasteiger charge is -2.11. The van der Waals surface area contributed by atoms with Crippen molar-refractivity contribution in [1.82, 2.24) is 0 Å². The number of hydrogen-bond donors (Lipinski definition) is 3. The van der Waals surface area contributed by atoms with E-state index >= 15 is 0 Å². The summed E-state index contributed by atoms with van der Waals surface area (Å²) in [6, 6.07) is 4.47. The number of rotatable bonds is 8. The lowest BCUT2D eigenvalue weighted by atomic mass is 10.1. The van der Waals surface area contributed by atoms with Crippen LogP contribution in [-0.4, -0.2) is 66.0 Å². The molecular weight excluding hydrogens is 540 g/mol. The van der Waals surface area contributed by atoms with E-state index in [1.807, 2.05) is 0 Å². The maximum absolute atomic E-state index is 12.3. The number of alkyl halides is 2. The Balaban J connectivity index is 0.000000375. The summed E-state index contributed by atoms with van der Waals surface area (Å²) in [5.41, 5.74) is 10.7. The number of carboxylic acid groups (broad SMARTS) is 1. The molecule has 2 aromatic carbocycles. The van der Waals surface area contributed by atoms with E-state index in [0.717, 1.165) is 24.6 Å². The molecular formula is C21H25F2N3O9S2. The Morgan fingerprint density at radius 2 is 1.22 bits per heavy atom. The molecule has 0 atom stereocenters. The first-order valence-corrected chi connectivity index (χ1v) is 13.7. The van der Waals surface area contributed by atoms with Crippen molar-refractivity contribution in [3.05, 3.63) is 46.5 Å². The maximum Gasteiger partial charge on any atom is 0.335 e. The Labute approximate surface area is 211 Å². The van der Waals surface area contributed by atoms with Gasteiger partial charge in [0.05, 0.1) is 5.56 Å². The fourth-order valence-electron chi connectivity index (χ4n) is 2.88. The van der Waals surface area contributed by atoms with Gasteiger partial charge in [-0.05, 0) is 49.2 Å². The number of carbonyl (C=O) groups excluding carboxylic acids is 1. The zero-order valence-electron chi connectivity index (χ0n) is 20.1. The van der Waals surface area contributed by atoms with Crippen LogP contribution in [0, 0.1) is 13.8 Å². The molecule has 16 heteroatoms. The van der Waals surface area contributed by atoms with Crippen LogP contribution in [0.15, 0.2) is 39.0 Å². The van der Waals surface area contributed by atoms with Crippen LogP contribution in [0.4, 0.5) is 8.78 Å². The van der Waals surface area contributed by atoms with Crippen molar-refractivity contribution in [2.45, 2.75) is 23.6 Å². The van der Waals surface area contributed by atoms with E-state index in [0.29, 0.717) is 11.1 Å². The van der Waals surface area contributed by atoms with E-state index in [2.05, 4.69) is 14.5 Å². The molecule has 1 amide bonds. The molecule has 0 saturated carbocycles. The van der Waals surface area contributed by atoms with Crippen LogP contribution in [0.3, 0.4) is 0 Å². The van der Waals surface area contributed by atoms with E-state index < -0.39 is 51.2 Å². The summed E-state index contributed by atoms with van der Waals surface area (Å²) >= 11 is 0. The topological polar surface area (TPSA) is 206 Å². The molecule has 0 unspecified atom stereocenters. The van der Waals surface area contributed by atoms with Gasteiger partial charge in [0, 0.05) is 18.1 Å².